The van der Waals surface area contributed by atoms with Crippen LogP contribution < -0.4 is 10.6 Å². The van der Waals surface area contributed by atoms with Gasteiger partial charge in [-0.25, -0.2) is 13.2 Å². The first kappa shape index (κ1) is 31.3. The number of fused-ring (bicyclic) bond motifs is 1. The van der Waals surface area contributed by atoms with E-state index in [1.54, 1.807) is 17.0 Å². The fraction of sp³-hybridized carbons (Fsp3) is 0.353. The molecule has 1 saturated heterocycles. The fourth-order valence-corrected chi connectivity index (χ4v) is 6.93. The summed E-state index contributed by atoms with van der Waals surface area (Å²) in [6.07, 6.45) is 4.66. The monoisotopic (exact) mass is 615 g/mol. The van der Waals surface area contributed by atoms with Crippen LogP contribution in [0.1, 0.15) is 48.3 Å². The second-order valence-corrected chi connectivity index (χ2v) is 14.0. The van der Waals surface area contributed by atoms with Crippen LogP contribution in [-0.2, 0) is 21.2 Å². The molecule has 5 rings (SSSR count). The molecule has 1 fully saturated rings. The van der Waals surface area contributed by atoms with Gasteiger partial charge in [0.05, 0.1) is 10.6 Å². The number of carbonyl (C=O) groups excluding carboxylic acids is 2. The van der Waals surface area contributed by atoms with E-state index in [1.165, 1.54) is 11.6 Å². The molecule has 2 heterocycles. The molecule has 232 valence electrons. The Hall–Kier alpha value is -4.15. The Morgan fingerprint density at radius 2 is 1.68 bits per heavy atom. The predicted octanol–water partition coefficient (Wildman–Crippen LogP) is 5.33. The maximum absolute atomic E-state index is 14.1. The third-order valence-corrected chi connectivity index (χ3v) is 9.58. The highest BCUT2D eigenvalue weighted by molar-refractivity contribution is 7.90. The van der Waals surface area contributed by atoms with Gasteiger partial charge in [0.2, 0.25) is 5.91 Å². The number of rotatable bonds is 9. The fourth-order valence-electron chi connectivity index (χ4n) is 6.11. The topological polar surface area (TPSA) is 115 Å². The van der Waals surface area contributed by atoms with Crippen molar-refractivity contribution in [1.82, 2.24) is 20.1 Å². The van der Waals surface area contributed by atoms with Gasteiger partial charge >= 0.3 is 6.03 Å². The smallest absolute Gasteiger partial charge is 0.318 e. The molecule has 3 amide bonds. The highest BCUT2D eigenvalue weighted by Gasteiger charge is 2.33. The largest absolute Gasteiger partial charge is 0.361 e. The van der Waals surface area contributed by atoms with Crippen LogP contribution in [0.25, 0.3) is 10.9 Å². The molecule has 1 aliphatic rings. The van der Waals surface area contributed by atoms with Crippen molar-refractivity contribution < 1.29 is 18.0 Å². The molecule has 1 aromatic heterocycles. The minimum Gasteiger partial charge on any atom is -0.361 e. The summed E-state index contributed by atoms with van der Waals surface area (Å²) in [6.45, 7) is 3.62. The summed E-state index contributed by atoms with van der Waals surface area (Å²) >= 11 is 0. The third-order valence-electron chi connectivity index (χ3n) is 8.43. The van der Waals surface area contributed by atoms with Crippen LogP contribution >= 0.6 is 0 Å². The lowest BCUT2D eigenvalue weighted by Crippen LogP contribution is -2.53. The second kappa shape index (κ2) is 13.2. The molecule has 1 aliphatic heterocycles. The molecule has 2 atom stereocenters. The van der Waals surface area contributed by atoms with E-state index in [-0.39, 0.29) is 16.6 Å². The minimum atomic E-state index is -3.64. The van der Waals surface area contributed by atoms with Crippen molar-refractivity contribution in [2.75, 3.05) is 38.8 Å². The van der Waals surface area contributed by atoms with Crippen molar-refractivity contribution in [3.63, 3.8) is 0 Å². The Balaban J connectivity index is 1.42. The van der Waals surface area contributed by atoms with Crippen LogP contribution in [0.3, 0.4) is 0 Å². The molecule has 10 heteroatoms. The Labute approximate surface area is 259 Å². The summed E-state index contributed by atoms with van der Waals surface area (Å²) < 4.78 is 25.4. The molecule has 0 radical (unpaired) electrons. The number of anilines is 1. The van der Waals surface area contributed by atoms with Crippen molar-refractivity contribution in [2.24, 2.45) is 0 Å². The number of sulfone groups is 1. The average Bonchev–Trinajstić information content (AvgIpc) is 3.43. The number of para-hydroxylation sites is 1. The van der Waals surface area contributed by atoms with Gasteiger partial charge in [-0.1, -0.05) is 61.5 Å². The number of piperidine rings is 1. The van der Waals surface area contributed by atoms with Crippen molar-refractivity contribution in [1.29, 1.82) is 0 Å². The molecule has 0 bridgehead atoms. The maximum Gasteiger partial charge on any atom is 0.318 e. The molecule has 0 unspecified atom stereocenters. The van der Waals surface area contributed by atoms with Gasteiger partial charge in [0.25, 0.3) is 0 Å². The van der Waals surface area contributed by atoms with Gasteiger partial charge in [0, 0.05) is 48.9 Å². The van der Waals surface area contributed by atoms with Crippen molar-refractivity contribution >= 4 is 38.4 Å². The van der Waals surface area contributed by atoms with E-state index >= 15 is 0 Å². The number of amides is 3. The number of benzene rings is 3. The van der Waals surface area contributed by atoms with Gasteiger partial charge in [-0.3, -0.25) is 4.79 Å². The quantitative estimate of drug-likeness (QED) is 0.235. The molecule has 3 N–H and O–H groups in total. The Morgan fingerprint density at radius 3 is 2.36 bits per heavy atom. The van der Waals surface area contributed by atoms with Gasteiger partial charge in [-0.05, 0) is 67.7 Å². The Bertz CT molecular complexity index is 1730. The first-order valence-corrected chi connectivity index (χ1v) is 16.9. The van der Waals surface area contributed by atoms with E-state index in [4.69, 9.17) is 0 Å². The normalized spacial score (nSPS) is 15.7. The van der Waals surface area contributed by atoms with E-state index in [1.807, 2.05) is 74.6 Å². The number of carbonyl (C=O) groups is 2. The number of aromatic nitrogens is 1. The minimum absolute atomic E-state index is 0.0289. The summed E-state index contributed by atoms with van der Waals surface area (Å²) in [5.74, 6) is -0.529. The van der Waals surface area contributed by atoms with Crippen LogP contribution in [0.2, 0.25) is 0 Å². The predicted molar refractivity (Wildman–Crippen MR) is 175 cm³/mol. The first-order chi connectivity index (χ1) is 21.0. The van der Waals surface area contributed by atoms with Gasteiger partial charge in [0.1, 0.15) is 6.04 Å². The SMILES string of the molecule is C[C@H](c1c[nH]c2ccccc12)[C@@H](NC(=O)N1CCC(c2ccccc2)CC1)C(=O)Nc1cc(CN(C)C)ccc1S(C)(=O)=O. The number of likely N-dealkylation sites (tertiary alicyclic amines) is 1. The lowest BCUT2D eigenvalue weighted by molar-refractivity contribution is -0.118. The molecule has 3 aromatic carbocycles. The van der Waals surface area contributed by atoms with Gasteiger partial charge in [-0.15, -0.1) is 0 Å². The van der Waals surface area contributed by atoms with E-state index in [9.17, 15) is 18.0 Å². The van der Waals surface area contributed by atoms with Crippen molar-refractivity contribution in [2.45, 2.75) is 49.1 Å². The third kappa shape index (κ3) is 7.14. The standard InChI is InChI=1S/C34H41N5O4S/c1-23(28-21-35-29-13-9-8-12-27(28)29)32(37-34(41)39-18-16-26(17-19-39)25-10-6-5-7-11-25)33(40)36-30-20-24(22-38(2)3)14-15-31(30)44(4,42)43/h5-15,20-21,23,26,32,35H,16-19,22H2,1-4H3,(H,36,40)(H,37,41)/t23-,32-/m1/s1. The lowest BCUT2D eigenvalue weighted by Gasteiger charge is -2.34. The Kier molecular flexibility index (Phi) is 9.41. The van der Waals surface area contributed by atoms with Crippen LogP contribution in [0, 0.1) is 0 Å². The highest BCUT2D eigenvalue weighted by Crippen LogP contribution is 2.31. The van der Waals surface area contributed by atoms with Crippen LogP contribution in [0.4, 0.5) is 10.5 Å². The van der Waals surface area contributed by atoms with E-state index in [0.29, 0.717) is 25.6 Å². The van der Waals surface area contributed by atoms with E-state index in [2.05, 4.69) is 27.8 Å². The highest BCUT2D eigenvalue weighted by atomic mass is 32.2. The van der Waals surface area contributed by atoms with Crippen LogP contribution in [-0.4, -0.2) is 74.6 Å². The van der Waals surface area contributed by atoms with E-state index in [0.717, 1.165) is 41.1 Å². The second-order valence-electron chi connectivity index (χ2n) is 12.0. The molecule has 0 spiro atoms. The molecule has 44 heavy (non-hydrogen) atoms. The van der Waals surface area contributed by atoms with Crippen LogP contribution in [0.15, 0.2) is 83.9 Å². The number of urea groups is 1. The summed E-state index contributed by atoms with van der Waals surface area (Å²) in [5.41, 5.74) is 4.14. The summed E-state index contributed by atoms with van der Waals surface area (Å²) in [7, 11) is 0.193. The maximum atomic E-state index is 14.1. The molecule has 9 nitrogen and oxygen atoms in total. The molecule has 0 saturated carbocycles. The zero-order chi connectivity index (χ0) is 31.4. The summed E-state index contributed by atoms with van der Waals surface area (Å²) in [5, 5.41) is 6.86. The lowest BCUT2D eigenvalue weighted by atomic mass is 9.89. The Morgan fingerprint density at radius 1 is 1.00 bits per heavy atom. The zero-order valence-electron chi connectivity index (χ0n) is 25.7. The van der Waals surface area contributed by atoms with Gasteiger partial charge in [0.15, 0.2) is 9.84 Å². The van der Waals surface area contributed by atoms with Gasteiger partial charge in [-0.2, -0.15) is 0 Å². The van der Waals surface area contributed by atoms with E-state index < -0.39 is 27.7 Å². The summed E-state index contributed by atoms with van der Waals surface area (Å²) in [4.78, 5) is 34.8. The van der Waals surface area contributed by atoms with Crippen LogP contribution in [0.5, 0.6) is 0 Å². The number of nitrogens with zero attached hydrogens (tertiary/aromatic N) is 2. The van der Waals surface area contributed by atoms with Crippen molar-refractivity contribution in [3.05, 3.63) is 95.7 Å². The summed E-state index contributed by atoms with van der Waals surface area (Å²) in [6, 6.07) is 21.8. The van der Waals surface area contributed by atoms with Crippen molar-refractivity contribution in [3.8, 4) is 0 Å². The molecule has 0 aliphatic carbocycles. The molecular weight excluding hydrogens is 574 g/mol. The van der Waals surface area contributed by atoms with Gasteiger partial charge < -0.3 is 25.4 Å². The molecule has 4 aromatic rings. The molecular formula is C34H41N5O4S. The number of nitrogens with one attached hydrogen (secondary N) is 3. The average molecular weight is 616 g/mol. The number of aromatic amines is 1. The number of hydrogen-bond donors (Lipinski definition) is 3. The zero-order valence-corrected chi connectivity index (χ0v) is 26.5. The first-order valence-electron chi connectivity index (χ1n) is 15.0. The number of H-pyrrole nitrogens is 1. The number of hydrogen-bond acceptors (Lipinski definition) is 5.